The van der Waals surface area contributed by atoms with E-state index in [4.69, 9.17) is 0 Å². The smallest absolute Gasteiger partial charge is 0.309 e. The molecular weight excluding hydrogens is 1700 g/mol. The highest BCUT2D eigenvalue weighted by molar-refractivity contribution is 7.87. The SMILES string of the molecule is Cc1sc2cc(-c3cccc4c(-c5c(P(=O)(c6ccccc6)c6ccccc6)ccc6ccccc56)c(P(=O)(c5ccccc5)c5ccccc5)ccc34)ccc2c1C1=C(c2c(C)sc3cc(-c4cccc5c(-c6c(P(=O)(c7ccccc7)c7ccccc7)ccc7ccccc67)c(P(=O)(c6ccccc6)c6ccccc6)ccc45)ccc23)C(F)(F)C(F)(F)C1(F)F. The zero-order valence-electron chi connectivity index (χ0n) is 68.3. The van der Waals surface area contributed by atoms with Gasteiger partial charge in [-0.2, -0.15) is 26.3 Å². The topological polar surface area (TPSA) is 68.3 Å². The molecule has 0 spiro atoms. The molecule has 18 aromatic carbocycles. The molecule has 16 heteroatoms. The standard InChI is InChI=1S/C111H74F6O4P4S2/c1-71-101(93-61-57-75(69-99(93)126-71)85-53-31-55-91-89(85)63-67-97(124(120,81-43-19-7-20-44-81)82-45-21-8-22-46-82)105(91)103-87-51-29-27-33-73(87)59-65-95(103)122(118,77-35-11-3-12-36-77)78-37-13-4-14-38-78)107-108(110(114,115)111(116,117)109(107,112)113)102-72(2)127-100-70-76(58-62-94(100)102)86-54-32-56-92-90(86)64-68-98(125(121,83-47-23-9-24-48-83)84-49-25-10-26-50-84)106(92)104-88-52-30-28-34-74(88)60-66-96(104)123(119,79-39-15-5-16-40-79)80-41-17-6-18-42-80/h3-70H,1-2H3. The summed E-state index contributed by atoms with van der Waals surface area (Å²) in [5, 5.41) is 12.5. The molecule has 0 aliphatic heterocycles. The van der Waals surface area contributed by atoms with Crippen LogP contribution in [-0.2, 0) is 18.3 Å². The van der Waals surface area contributed by atoms with Gasteiger partial charge in [-0.15, -0.1) is 22.7 Å². The first kappa shape index (κ1) is 81.2. The number of halogens is 6. The Morgan fingerprint density at radius 2 is 0.457 bits per heavy atom. The largest absolute Gasteiger partial charge is 0.380 e. The number of hydrogen-bond donors (Lipinski definition) is 0. The molecule has 1 aliphatic carbocycles. The van der Waals surface area contributed by atoms with E-state index in [-0.39, 0.29) is 20.5 Å². The summed E-state index contributed by atoms with van der Waals surface area (Å²) in [5.74, 6) is -16.7. The molecular formula is C111H74F6O4P4S2. The highest BCUT2D eigenvalue weighted by Gasteiger charge is 2.81. The van der Waals surface area contributed by atoms with Crippen LogP contribution < -0.4 is 63.7 Å². The van der Waals surface area contributed by atoms with Crippen LogP contribution in [0.3, 0.4) is 0 Å². The van der Waals surface area contributed by atoms with Crippen molar-refractivity contribution >= 4 is 189 Å². The van der Waals surface area contributed by atoms with Crippen molar-refractivity contribution in [2.75, 3.05) is 0 Å². The van der Waals surface area contributed by atoms with Crippen LogP contribution >= 0.6 is 51.2 Å². The Morgan fingerprint density at radius 1 is 0.220 bits per heavy atom. The molecule has 21 rings (SSSR count). The van der Waals surface area contributed by atoms with Gasteiger partial charge in [-0.3, -0.25) is 0 Å². The van der Waals surface area contributed by atoms with Crippen molar-refractivity contribution in [3.63, 3.8) is 0 Å². The summed E-state index contributed by atoms with van der Waals surface area (Å²) in [7, 11) is -15.6. The number of aryl methyl sites for hydroxylation is 2. The van der Waals surface area contributed by atoms with E-state index < -0.39 is 68.6 Å². The van der Waals surface area contributed by atoms with Crippen LogP contribution in [0.2, 0.25) is 0 Å². The van der Waals surface area contributed by atoms with E-state index in [1.165, 1.54) is 13.8 Å². The quantitative estimate of drug-likeness (QED) is 0.0634. The molecule has 0 saturated heterocycles. The molecule has 0 atom stereocenters. The van der Waals surface area contributed by atoms with Crippen LogP contribution in [0.1, 0.15) is 20.9 Å². The van der Waals surface area contributed by atoms with Crippen molar-refractivity contribution in [2.45, 2.75) is 31.6 Å². The summed E-state index contributed by atoms with van der Waals surface area (Å²) in [6.07, 6.45) is 0. The third-order valence-corrected chi connectivity index (χ3v) is 39.8. The summed E-state index contributed by atoms with van der Waals surface area (Å²) in [6, 6.07) is 128. The average molecular weight is 1770 g/mol. The van der Waals surface area contributed by atoms with Gasteiger partial charge in [-0.25, -0.2) is 0 Å². The van der Waals surface area contributed by atoms with E-state index in [1.807, 2.05) is 376 Å². The molecule has 0 unspecified atom stereocenters. The normalized spacial score (nSPS) is 14.1. The first-order valence-electron chi connectivity index (χ1n) is 41.7. The van der Waals surface area contributed by atoms with Gasteiger partial charge in [-0.05, 0) is 116 Å². The molecule has 0 amide bonds. The summed E-state index contributed by atoms with van der Waals surface area (Å²) in [5.41, 5.74) is 1.04. The molecule has 0 N–H and O–H groups in total. The number of fused-ring (bicyclic) bond motifs is 6. The molecule has 0 fully saturated rings. The van der Waals surface area contributed by atoms with Crippen molar-refractivity contribution in [1.82, 2.24) is 0 Å². The Kier molecular flexibility index (Phi) is 20.0. The zero-order chi connectivity index (χ0) is 86.9. The van der Waals surface area contributed by atoms with Gasteiger partial charge in [0.1, 0.15) is 0 Å². The number of thiophene rings is 2. The molecule has 2 aromatic heterocycles. The minimum Gasteiger partial charge on any atom is -0.309 e. The highest BCUT2D eigenvalue weighted by atomic mass is 32.1. The maximum atomic E-state index is 17.8. The average Bonchev–Trinajstić information content (AvgIpc) is 1.56. The Labute approximate surface area is 738 Å². The molecule has 2 heterocycles. The maximum absolute atomic E-state index is 17.8. The molecule has 20 aromatic rings. The van der Waals surface area contributed by atoms with Crippen molar-refractivity contribution in [2.24, 2.45) is 0 Å². The summed E-state index contributed by atoms with van der Waals surface area (Å²) < 4.78 is 176. The molecule has 4 nitrogen and oxygen atoms in total. The second kappa shape index (κ2) is 31.3. The van der Waals surface area contributed by atoms with Crippen LogP contribution in [-0.4, -0.2) is 17.8 Å². The Bertz CT molecular complexity index is 7430. The van der Waals surface area contributed by atoms with Crippen LogP contribution in [0.4, 0.5) is 26.3 Å². The second-order valence-electron chi connectivity index (χ2n) is 32.2. The summed E-state index contributed by atoms with van der Waals surface area (Å²) in [4.78, 5) is 0.223. The van der Waals surface area contributed by atoms with E-state index in [9.17, 15) is 0 Å². The Balaban J connectivity index is 0.749. The lowest BCUT2D eigenvalue weighted by atomic mass is 9.89. The van der Waals surface area contributed by atoms with Crippen molar-refractivity contribution in [1.29, 1.82) is 0 Å². The maximum Gasteiger partial charge on any atom is 0.380 e. The van der Waals surface area contributed by atoms with Crippen LogP contribution in [0.25, 0.3) is 119 Å². The van der Waals surface area contributed by atoms with E-state index in [2.05, 4.69) is 0 Å². The first-order chi connectivity index (χ1) is 61.7. The van der Waals surface area contributed by atoms with Gasteiger partial charge in [0.25, 0.3) is 0 Å². The highest BCUT2D eigenvalue weighted by Crippen LogP contribution is 2.68. The summed E-state index contributed by atoms with van der Waals surface area (Å²) >= 11 is 2.08. The van der Waals surface area contributed by atoms with Gasteiger partial charge in [0.2, 0.25) is 0 Å². The van der Waals surface area contributed by atoms with Gasteiger partial charge >= 0.3 is 17.8 Å². The minimum atomic E-state index is -5.90. The summed E-state index contributed by atoms with van der Waals surface area (Å²) in [6.45, 7) is 3.00. The van der Waals surface area contributed by atoms with Crippen molar-refractivity contribution < 1.29 is 44.6 Å². The third kappa shape index (κ3) is 12.6. The van der Waals surface area contributed by atoms with Crippen molar-refractivity contribution in [3.05, 3.63) is 433 Å². The third-order valence-electron chi connectivity index (χ3n) is 25.2. The van der Waals surface area contributed by atoms with Gasteiger partial charge < -0.3 is 18.3 Å². The van der Waals surface area contributed by atoms with E-state index >= 15 is 44.6 Å². The van der Waals surface area contributed by atoms with E-state index in [1.54, 1.807) is 36.4 Å². The lowest BCUT2D eigenvalue weighted by Gasteiger charge is -2.29. The molecule has 1 aliphatic rings. The molecule has 616 valence electrons. The fourth-order valence-corrected chi connectivity index (χ4v) is 33.1. The predicted molar refractivity (Wildman–Crippen MR) is 524 cm³/mol. The molecule has 0 radical (unpaired) electrons. The van der Waals surface area contributed by atoms with E-state index in [0.29, 0.717) is 139 Å². The lowest BCUT2D eigenvalue weighted by molar-refractivity contribution is -0.254. The van der Waals surface area contributed by atoms with E-state index in [0.717, 1.165) is 44.2 Å². The second-order valence-corrected chi connectivity index (χ2v) is 45.6. The van der Waals surface area contributed by atoms with Crippen LogP contribution in [0.15, 0.2) is 413 Å². The lowest BCUT2D eigenvalue weighted by Crippen LogP contribution is -2.48. The fraction of sp³-hybridized carbons (Fsp3) is 0.0450. The minimum absolute atomic E-state index is 0.0696. The molecule has 0 saturated carbocycles. The predicted octanol–water partition coefficient (Wildman–Crippen LogP) is 26.4. The molecule has 127 heavy (non-hydrogen) atoms. The monoisotopic (exact) mass is 1770 g/mol. The van der Waals surface area contributed by atoms with Gasteiger partial charge in [0.05, 0.1) is 0 Å². The Morgan fingerprint density at radius 3 is 0.740 bits per heavy atom. The zero-order valence-corrected chi connectivity index (χ0v) is 73.5. The van der Waals surface area contributed by atoms with Gasteiger partial charge in [0, 0.05) is 138 Å². The number of allylic oxidation sites excluding steroid dienone is 2. The number of hydrogen-bond acceptors (Lipinski definition) is 6. The first-order valence-corrected chi connectivity index (χ1v) is 50.1. The number of alkyl halides is 6. The van der Waals surface area contributed by atoms with Crippen molar-refractivity contribution in [3.8, 4) is 44.5 Å². The van der Waals surface area contributed by atoms with Crippen LogP contribution in [0, 0.1) is 13.8 Å². The van der Waals surface area contributed by atoms with Crippen LogP contribution in [0.5, 0.6) is 0 Å². The van der Waals surface area contributed by atoms with Gasteiger partial charge in [-0.1, -0.05) is 376 Å². The Hall–Kier alpha value is -12.8. The van der Waals surface area contributed by atoms with Gasteiger partial charge in [0.15, 0.2) is 28.6 Å². The fourth-order valence-electron chi connectivity index (χ4n) is 19.4. The number of rotatable bonds is 18. The molecule has 0 bridgehead atoms. The number of benzene rings is 18.